The van der Waals surface area contributed by atoms with Crippen LogP contribution in [0.3, 0.4) is 0 Å². The van der Waals surface area contributed by atoms with Crippen molar-refractivity contribution < 1.29 is 14.2 Å². The first-order valence-electron chi connectivity index (χ1n) is 6.39. The molecule has 0 fully saturated rings. The van der Waals surface area contributed by atoms with E-state index >= 15 is 0 Å². The van der Waals surface area contributed by atoms with Crippen molar-refractivity contribution in [3.05, 3.63) is 68.5 Å². The molecule has 24 heavy (non-hydrogen) atoms. The molecule has 2 aromatic carbocycles. The number of para-hydroxylation sites is 1. The number of non-ortho nitro benzene ring substituents is 1. The molecule has 0 aromatic heterocycles. The second-order valence-corrected chi connectivity index (χ2v) is 4.81. The van der Waals surface area contributed by atoms with E-state index in [4.69, 9.17) is 12.2 Å². The van der Waals surface area contributed by atoms with Crippen molar-refractivity contribution in [2.24, 2.45) is 0 Å². The Bertz CT molecular complexity index is 817. The maximum atomic E-state index is 13.5. The van der Waals surface area contributed by atoms with Gasteiger partial charge in [0.25, 0.3) is 5.69 Å². The predicted octanol–water partition coefficient (Wildman–Crippen LogP) is 2.96. The Morgan fingerprint density at radius 3 is 2.38 bits per heavy atom. The number of nitro groups is 2. The summed E-state index contributed by atoms with van der Waals surface area (Å²) in [5.41, 5.74) is 4.06. The van der Waals surface area contributed by atoms with E-state index in [2.05, 4.69) is 16.2 Å². The number of hydrogen-bond acceptors (Lipinski definition) is 6. The molecule has 0 saturated carbocycles. The van der Waals surface area contributed by atoms with E-state index in [0.29, 0.717) is 0 Å². The van der Waals surface area contributed by atoms with Crippen LogP contribution in [0.5, 0.6) is 0 Å². The van der Waals surface area contributed by atoms with E-state index in [0.717, 1.165) is 18.2 Å². The number of hydrogen-bond donors (Lipinski definition) is 3. The summed E-state index contributed by atoms with van der Waals surface area (Å²) in [6.45, 7) is 0. The van der Waals surface area contributed by atoms with Crippen molar-refractivity contribution in [2.75, 3.05) is 10.7 Å². The van der Waals surface area contributed by atoms with Gasteiger partial charge in [-0.05, 0) is 30.4 Å². The zero-order chi connectivity index (χ0) is 17.7. The van der Waals surface area contributed by atoms with Crippen LogP contribution in [0.2, 0.25) is 0 Å². The summed E-state index contributed by atoms with van der Waals surface area (Å²) in [6, 6.07) is 8.88. The maximum absolute atomic E-state index is 13.5. The average molecular weight is 351 g/mol. The van der Waals surface area contributed by atoms with E-state index in [9.17, 15) is 24.6 Å². The van der Waals surface area contributed by atoms with Crippen LogP contribution < -0.4 is 16.2 Å². The van der Waals surface area contributed by atoms with E-state index < -0.39 is 27.0 Å². The topological polar surface area (TPSA) is 122 Å². The number of halogens is 1. The summed E-state index contributed by atoms with van der Waals surface area (Å²) in [6.07, 6.45) is 0. The number of rotatable bonds is 5. The average Bonchev–Trinajstić information content (AvgIpc) is 2.54. The van der Waals surface area contributed by atoms with Gasteiger partial charge < -0.3 is 5.32 Å². The van der Waals surface area contributed by atoms with Crippen LogP contribution >= 0.6 is 12.2 Å². The van der Waals surface area contributed by atoms with Gasteiger partial charge in [-0.1, -0.05) is 12.1 Å². The normalized spacial score (nSPS) is 9.88. The molecule has 0 aliphatic carbocycles. The molecular formula is C13H10FN5O4S. The third-order valence-corrected chi connectivity index (χ3v) is 3.03. The lowest BCUT2D eigenvalue weighted by Crippen LogP contribution is -2.33. The van der Waals surface area contributed by atoms with Crippen LogP contribution in [0.4, 0.5) is 27.1 Å². The van der Waals surface area contributed by atoms with Crippen molar-refractivity contribution in [2.45, 2.75) is 0 Å². The Morgan fingerprint density at radius 2 is 1.75 bits per heavy atom. The van der Waals surface area contributed by atoms with E-state index in [1.807, 2.05) is 0 Å². The number of nitro benzene ring substituents is 2. The van der Waals surface area contributed by atoms with Crippen molar-refractivity contribution in [3.8, 4) is 0 Å². The quantitative estimate of drug-likeness (QED) is 0.427. The lowest BCUT2D eigenvalue weighted by molar-refractivity contribution is -0.393. The number of nitrogens with one attached hydrogen (secondary N) is 3. The molecule has 2 rings (SSSR count). The number of anilines is 2. The molecule has 3 N–H and O–H groups in total. The number of nitrogens with zero attached hydrogens (tertiary/aromatic N) is 2. The number of benzene rings is 2. The second-order valence-electron chi connectivity index (χ2n) is 4.40. The summed E-state index contributed by atoms with van der Waals surface area (Å²) in [4.78, 5) is 20.1. The molecule has 0 aliphatic rings. The SMILES string of the molecule is O=[N+]([O-])c1ccc(NNC(=S)Nc2ccccc2F)c([N+](=O)[O-])c1. The van der Waals surface area contributed by atoms with Gasteiger partial charge in [0.05, 0.1) is 21.6 Å². The van der Waals surface area contributed by atoms with Gasteiger partial charge in [0.15, 0.2) is 5.11 Å². The van der Waals surface area contributed by atoms with Gasteiger partial charge in [-0.15, -0.1) is 0 Å². The van der Waals surface area contributed by atoms with Crippen molar-refractivity contribution in [1.82, 2.24) is 5.43 Å². The summed E-state index contributed by atoms with van der Waals surface area (Å²) < 4.78 is 13.5. The molecule has 0 atom stereocenters. The molecular weight excluding hydrogens is 341 g/mol. The highest BCUT2D eigenvalue weighted by atomic mass is 32.1. The van der Waals surface area contributed by atoms with E-state index in [1.165, 1.54) is 18.2 Å². The standard InChI is InChI=1S/C13H10FN5O4S/c14-9-3-1-2-4-10(9)15-13(24)17-16-11-6-5-8(18(20)21)7-12(11)19(22)23/h1-7,16H,(H2,15,17,24). The minimum absolute atomic E-state index is 0.0386. The number of hydrazine groups is 1. The van der Waals surface area contributed by atoms with Crippen LogP contribution in [0.1, 0.15) is 0 Å². The molecule has 0 bridgehead atoms. The van der Waals surface area contributed by atoms with Gasteiger partial charge in [0.2, 0.25) is 0 Å². The maximum Gasteiger partial charge on any atom is 0.300 e. The molecule has 2 aromatic rings. The smallest absolute Gasteiger partial charge is 0.300 e. The van der Waals surface area contributed by atoms with Gasteiger partial charge in [0.1, 0.15) is 11.5 Å². The highest BCUT2D eigenvalue weighted by Crippen LogP contribution is 2.28. The van der Waals surface area contributed by atoms with E-state index in [-0.39, 0.29) is 16.5 Å². The molecule has 0 heterocycles. The minimum Gasteiger partial charge on any atom is -0.329 e. The Balaban J connectivity index is 2.08. The predicted molar refractivity (Wildman–Crippen MR) is 89.1 cm³/mol. The van der Waals surface area contributed by atoms with Crippen LogP contribution in [0.25, 0.3) is 0 Å². The molecule has 0 amide bonds. The molecule has 0 unspecified atom stereocenters. The monoisotopic (exact) mass is 351 g/mol. The van der Waals surface area contributed by atoms with E-state index in [1.54, 1.807) is 6.07 Å². The third kappa shape index (κ3) is 4.10. The second kappa shape index (κ2) is 7.28. The van der Waals surface area contributed by atoms with Crippen LogP contribution in [-0.2, 0) is 0 Å². The van der Waals surface area contributed by atoms with Crippen molar-refractivity contribution in [3.63, 3.8) is 0 Å². The summed E-state index contributed by atoms with van der Waals surface area (Å²) in [5, 5.41) is 24.2. The molecule has 9 nitrogen and oxygen atoms in total. The fourth-order valence-electron chi connectivity index (χ4n) is 1.73. The van der Waals surface area contributed by atoms with Gasteiger partial charge in [-0.25, -0.2) is 4.39 Å². The lowest BCUT2D eigenvalue weighted by atomic mass is 10.2. The molecule has 0 aliphatic heterocycles. The first kappa shape index (κ1) is 17.0. The van der Waals surface area contributed by atoms with Crippen LogP contribution in [0, 0.1) is 26.0 Å². The zero-order valence-electron chi connectivity index (χ0n) is 11.9. The molecule has 0 spiro atoms. The molecule has 124 valence electrons. The Kier molecular flexibility index (Phi) is 5.16. The first-order chi connectivity index (χ1) is 11.4. The summed E-state index contributed by atoms with van der Waals surface area (Å²) in [5.74, 6) is -0.525. The molecule has 0 radical (unpaired) electrons. The molecule has 11 heteroatoms. The van der Waals surface area contributed by atoms with Crippen molar-refractivity contribution >= 4 is 40.1 Å². The fourth-order valence-corrected chi connectivity index (χ4v) is 1.89. The van der Waals surface area contributed by atoms with Gasteiger partial charge in [0, 0.05) is 6.07 Å². The zero-order valence-corrected chi connectivity index (χ0v) is 12.7. The first-order valence-corrected chi connectivity index (χ1v) is 6.79. The van der Waals surface area contributed by atoms with Crippen LogP contribution in [-0.4, -0.2) is 15.0 Å². The Labute approximate surface area is 139 Å². The fraction of sp³-hybridized carbons (Fsp3) is 0. The summed E-state index contributed by atoms with van der Waals surface area (Å²) in [7, 11) is 0. The van der Waals surface area contributed by atoms with Gasteiger partial charge >= 0.3 is 5.69 Å². The van der Waals surface area contributed by atoms with Crippen LogP contribution in [0.15, 0.2) is 42.5 Å². The lowest BCUT2D eigenvalue weighted by Gasteiger charge is -2.13. The summed E-state index contributed by atoms with van der Waals surface area (Å²) >= 11 is 4.94. The highest BCUT2D eigenvalue weighted by molar-refractivity contribution is 7.80. The Hall–Kier alpha value is -3.34. The van der Waals surface area contributed by atoms with Gasteiger partial charge in [-0.2, -0.15) is 0 Å². The minimum atomic E-state index is -0.773. The third-order valence-electron chi connectivity index (χ3n) is 2.82. The Morgan fingerprint density at radius 1 is 1.04 bits per heavy atom. The van der Waals surface area contributed by atoms with Crippen molar-refractivity contribution in [1.29, 1.82) is 0 Å². The number of thiocarbonyl (C=S) groups is 1. The largest absolute Gasteiger partial charge is 0.329 e. The van der Waals surface area contributed by atoms with Gasteiger partial charge in [-0.3, -0.25) is 31.1 Å². The molecule has 0 saturated heterocycles. The highest BCUT2D eigenvalue weighted by Gasteiger charge is 2.19.